The predicted octanol–water partition coefficient (Wildman–Crippen LogP) is 1.51. The number of aromatic nitrogens is 2. The van der Waals surface area contributed by atoms with Gasteiger partial charge in [-0.2, -0.15) is 5.10 Å². The average molecular weight is 249 g/mol. The monoisotopic (exact) mass is 249 g/mol. The van der Waals surface area contributed by atoms with Gasteiger partial charge in [0.25, 0.3) is 0 Å². The van der Waals surface area contributed by atoms with E-state index in [4.69, 9.17) is 5.10 Å². The second kappa shape index (κ2) is 5.02. The fourth-order valence-corrected chi connectivity index (χ4v) is 3.37. The Morgan fingerprint density at radius 2 is 2.28 bits per heavy atom. The summed E-state index contributed by atoms with van der Waals surface area (Å²) >= 11 is 0. The summed E-state index contributed by atoms with van der Waals surface area (Å²) in [5, 5.41) is 17.7. The van der Waals surface area contributed by atoms with E-state index < -0.39 is 0 Å². The van der Waals surface area contributed by atoms with E-state index in [1.807, 2.05) is 0 Å². The van der Waals surface area contributed by atoms with Crippen molar-refractivity contribution >= 4 is 0 Å². The maximum Gasteiger partial charge on any atom is 0.0631 e. The van der Waals surface area contributed by atoms with Crippen LogP contribution in [0, 0.1) is 5.41 Å². The van der Waals surface area contributed by atoms with Crippen LogP contribution >= 0.6 is 0 Å². The first-order valence-corrected chi connectivity index (χ1v) is 7.17. The molecular weight excluding hydrogens is 226 g/mol. The van der Waals surface area contributed by atoms with Gasteiger partial charge in [-0.05, 0) is 31.9 Å². The molecule has 3 rings (SSSR count). The summed E-state index contributed by atoms with van der Waals surface area (Å²) in [5.41, 5.74) is 1.16. The Balaban J connectivity index is 1.69. The first-order chi connectivity index (χ1) is 8.81. The molecule has 2 N–H and O–H groups in total. The molecule has 0 amide bonds. The van der Waals surface area contributed by atoms with Crippen LogP contribution in [0.3, 0.4) is 0 Å². The maximum absolute atomic E-state index is 9.62. The van der Waals surface area contributed by atoms with E-state index in [2.05, 4.69) is 22.3 Å². The lowest BCUT2D eigenvalue weighted by Crippen LogP contribution is -2.30. The molecule has 2 fully saturated rings. The highest BCUT2D eigenvalue weighted by Gasteiger charge is 2.34. The lowest BCUT2D eigenvalue weighted by atomic mass is 9.83. The standard InChI is InChI=1S/C14H23N3O/c18-11-14(6-7-15-10-14)9-12-5-8-17(16-12)13-3-1-2-4-13/h5,8,13,15,18H,1-4,6-7,9-11H2. The Hall–Kier alpha value is -0.870. The molecular formula is C14H23N3O. The summed E-state index contributed by atoms with van der Waals surface area (Å²) in [6.07, 6.45) is 9.30. The van der Waals surface area contributed by atoms with Crippen LogP contribution in [0.4, 0.5) is 0 Å². The molecule has 2 heterocycles. The van der Waals surface area contributed by atoms with E-state index in [0.717, 1.165) is 31.6 Å². The van der Waals surface area contributed by atoms with Crippen molar-refractivity contribution in [2.24, 2.45) is 5.41 Å². The molecule has 18 heavy (non-hydrogen) atoms. The molecule has 1 saturated carbocycles. The third-order valence-electron chi connectivity index (χ3n) is 4.59. The number of nitrogens with one attached hydrogen (secondary N) is 1. The summed E-state index contributed by atoms with van der Waals surface area (Å²) in [4.78, 5) is 0. The number of hydrogen-bond acceptors (Lipinski definition) is 3. The van der Waals surface area contributed by atoms with Crippen molar-refractivity contribution in [2.45, 2.75) is 44.6 Å². The van der Waals surface area contributed by atoms with Crippen LogP contribution in [0.15, 0.2) is 12.3 Å². The van der Waals surface area contributed by atoms with Crippen molar-refractivity contribution in [1.29, 1.82) is 0 Å². The molecule has 0 spiro atoms. The zero-order valence-corrected chi connectivity index (χ0v) is 10.9. The summed E-state index contributed by atoms with van der Waals surface area (Å²) < 4.78 is 2.15. The van der Waals surface area contributed by atoms with Gasteiger partial charge < -0.3 is 10.4 Å². The summed E-state index contributed by atoms with van der Waals surface area (Å²) in [7, 11) is 0. The number of hydrogen-bond donors (Lipinski definition) is 2. The van der Waals surface area contributed by atoms with Crippen molar-refractivity contribution in [3.8, 4) is 0 Å². The van der Waals surface area contributed by atoms with Gasteiger partial charge in [-0.25, -0.2) is 0 Å². The van der Waals surface area contributed by atoms with Gasteiger partial charge in [-0.3, -0.25) is 4.68 Å². The molecule has 1 aliphatic heterocycles. The first-order valence-electron chi connectivity index (χ1n) is 7.17. The molecule has 0 aromatic carbocycles. The van der Waals surface area contributed by atoms with E-state index in [1.54, 1.807) is 0 Å². The maximum atomic E-state index is 9.62. The van der Waals surface area contributed by atoms with E-state index >= 15 is 0 Å². The van der Waals surface area contributed by atoms with Gasteiger partial charge >= 0.3 is 0 Å². The van der Waals surface area contributed by atoms with Gasteiger partial charge in [0.2, 0.25) is 0 Å². The van der Waals surface area contributed by atoms with Gasteiger partial charge in [0.05, 0.1) is 18.3 Å². The van der Waals surface area contributed by atoms with Crippen LogP contribution in [0.25, 0.3) is 0 Å². The number of aliphatic hydroxyl groups is 1. The van der Waals surface area contributed by atoms with Crippen LogP contribution < -0.4 is 5.32 Å². The molecule has 100 valence electrons. The molecule has 4 heteroatoms. The first kappa shape index (κ1) is 12.2. The van der Waals surface area contributed by atoms with E-state index in [-0.39, 0.29) is 12.0 Å². The highest BCUT2D eigenvalue weighted by Crippen LogP contribution is 2.31. The second-order valence-corrected chi connectivity index (χ2v) is 5.99. The van der Waals surface area contributed by atoms with Gasteiger partial charge in [-0.1, -0.05) is 12.8 Å². The molecule has 1 saturated heterocycles. The normalized spacial score (nSPS) is 29.2. The van der Waals surface area contributed by atoms with Crippen LogP contribution in [-0.2, 0) is 6.42 Å². The predicted molar refractivity (Wildman–Crippen MR) is 70.4 cm³/mol. The molecule has 0 radical (unpaired) electrons. The minimum absolute atomic E-state index is 0.0227. The lowest BCUT2D eigenvalue weighted by Gasteiger charge is -2.24. The summed E-state index contributed by atoms with van der Waals surface area (Å²) in [5.74, 6) is 0. The molecule has 1 atom stereocenters. The molecule has 0 bridgehead atoms. The summed E-state index contributed by atoms with van der Waals surface area (Å²) in [6, 6.07) is 2.75. The van der Waals surface area contributed by atoms with Crippen LogP contribution in [0.1, 0.15) is 43.8 Å². The number of rotatable bonds is 4. The van der Waals surface area contributed by atoms with Crippen LogP contribution in [-0.4, -0.2) is 34.6 Å². The van der Waals surface area contributed by atoms with E-state index in [1.165, 1.54) is 25.7 Å². The largest absolute Gasteiger partial charge is 0.396 e. The van der Waals surface area contributed by atoms with Gasteiger partial charge in [0.15, 0.2) is 0 Å². The molecule has 1 aromatic heterocycles. The highest BCUT2D eigenvalue weighted by molar-refractivity contribution is 5.06. The fraction of sp³-hybridized carbons (Fsp3) is 0.786. The Labute approximate surface area is 108 Å². The molecule has 1 aromatic rings. The minimum Gasteiger partial charge on any atom is -0.396 e. The molecule has 1 aliphatic carbocycles. The Bertz CT molecular complexity index is 389. The zero-order chi connectivity index (χ0) is 12.4. The molecule has 1 unspecified atom stereocenters. The van der Waals surface area contributed by atoms with Crippen molar-refractivity contribution < 1.29 is 5.11 Å². The fourth-order valence-electron chi connectivity index (χ4n) is 3.37. The minimum atomic E-state index is 0.0227. The highest BCUT2D eigenvalue weighted by atomic mass is 16.3. The molecule has 4 nitrogen and oxygen atoms in total. The van der Waals surface area contributed by atoms with Gasteiger partial charge in [0.1, 0.15) is 0 Å². The van der Waals surface area contributed by atoms with Crippen molar-refractivity contribution in [2.75, 3.05) is 19.7 Å². The quantitative estimate of drug-likeness (QED) is 0.850. The zero-order valence-electron chi connectivity index (χ0n) is 10.9. The lowest BCUT2D eigenvalue weighted by molar-refractivity contribution is 0.141. The number of aliphatic hydroxyl groups excluding tert-OH is 1. The molecule has 2 aliphatic rings. The van der Waals surface area contributed by atoms with Gasteiger partial charge in [-0.15, -0.1) is 0 Å². The third-order valence-corrected chi connectivity index (χ3v) is 4.59. The van der Waals surface area contributed by atoms with E-state index in [9.17, 15) is 5.11 Å². The SMILES string of the molecule is OCC1(Cc2ccn(C3CCCC3)n2)CCNC1. The van der Waals surface area contributed by atoms with Crippen molar-refractivity contribution in [3.05, 3.63) is 18.0 Å². The number of nitrogens with zero attached hydrogens (tertiary/aromatic N) is 2. The summed E-state index contributed by atoms with van der Waals surface area (Å²) in [6.45, 7) is 2.19. The smallest absolute Gasteiger partial charge is 0.0631 e. The topological polar surface area (TPSA) is 50.1 Å². The van der Waals surface area contributed by atoms with Crippen molar-refractivity contribution in [1.82, 2.24) is 15.1 Å². The van der Waals surface area contributed by atoms with E-state index in [0.29, 0.717) is 6.04 Å². The van der Waals surface area contributed by atoms with Crippen molar-refractivity contribution in [3.63, 3.8) is 0 Å². The third kappa shape index (κ3) is 2.31. The average Bonchev–Trinajstić information content (AvgIpc) is 3.10. The Kier molecular flexibility index (Phi) is 3.39. The van der Waals surface area contributed by atoms with Crippen LogP contribution in [0.5, 0.6) is 0 Å². The van der Waals surface area contributed by atoms with Crippen LogP contribution in [0.2, 0.25) is 0 Å². The second-order valence-electron chi connectivity index (χ2n) is 5.99. The Morgan fingerprint density at radius 1 is 1.44 bits per heavy atom. The van der Waals surface area contributed by atoms with Gasteiger partial charge in [0, 0.05) is 24.6 Å². The Morgan fingerprint density at radius 3 is 2.94 bits per heavy atom.